The second kappa shape index (κ2) is 3.89. The Morgan fingerprint density at radius 1 is 1.28 bits per heavy atom. The molecule has 0 aromatic heterocycles. The SMILES string of the molecule is COc1cccc2c1C(C)(N)CC1(CCCC1)O2. The number of nitrogens with two attached hydrogens (primary N) is 1. The van der Waals surface area contributed by atoms with Gasteiger partial charge in [0.05, 0.1) is 12.7 Å². The van der Waals surface area contributed by atoms with Gasteiger partial charge in [-0.05, 0) is 44.7 Å². The van der Waals surface area contributed by atoms with E-state index in [9.17, 15) is 0 Å². The molecule has 1 aliphatic heterocycles. The molecule has 3 heteroatoms. The zero-order valence-electron chi connectivity index (χ0n) is 11.2. The van der Waals surface area contributed by atoms with Crippen molar-refractivity contribution >= 4 is 0 Å². The molecule has 1 aliphatic carbocycles. The maximum atomic E-state index is 6.56. The van der Waals surface area contributed by atoms with E-state index < -0.39 is 0 Å². The molecule has 3 rings (SSSR count). The van der Waals surface area contributed by atoms with Crippen LogP contribution >= 0.6 is 0 Å². The highest BCUT2D eigenvalue weighted by Crippen LogP contribution is 2.51. The summed E-state index contributed by atoms with van der Waals surface area (Å²) in [7, 11) is 1.69. The highest BCUT2D eigenvalue weighted by Gasteiger charge is 2.47. The summed E-state index contributed by atoms with van der Waals surface area (Å²) in [4.78, 5) is 0. The first-order chi connectivity index (χ1) is 8.56. The van der Waals surface area contributed by atoms with Crippen molar-refractivity contribution < 1.29 is 9.47 Å². The number of hydrogen-bond donors (Lipinski definition) is 1. The van der Waals surface area contributed by atoms with E-state index in [-0.39, 0.29) is 11.1 Å². The summed E-state index contributed by atoms with van der Waals surface area (Å²) in [6, 6.07) is 5.95. The van der Waals surface area contributed by atoms with Crippen LogP contribution in [0.3, 0.4) is 0 Å². The normalized spacial score (nSPS) is 28.8. The van der Waals surface area contributed by atoms with Gasteiger partial charge < -0.3 is 15.2 Å². The molecular weight excluding hydrogens is 226 g/mol. The van der Waals surface area contributed by atoms with Crippen LogP contribution in [-0.4, -0.2) is 12.7 Å². The van der Waals surface area contributed by atoms with E-state index in [0.717, 1.165) is 36.3 Å². The molecule has 0 amide bonds. The molecule has 0 radical (unpaired) electrons. The second-order valence-corrected chi connectivity index (χ2v) is 5.92. The first-order valence-corrected chi connectivity index (χ1v) is 6.72. The number of hydrogen-bond acceptors (Lipinski definition) is 3. The molecule has 1 fully saturated rings. The van der Waals surface area contributed by atoms with Gasteiger partial charge in [0, 0.05) is 12.0 Å². The lowest BCUT2D eigenvalue weighted by Crippen LogP contribution is -2.49. The zero-order chi connectivity index (χ0) is 12.8. The van der Waals surface area contributed by atoms with Gasteiger partial charge in [0.15, 0.2) is 0 Å². The van der Waals surface area contributed by atoms with Gasteiger partial charge in [-0.2, -0.15) is 0 Å². The van der Waals surface area contributed by atoms with Crippen LogP contribution in [0.5, 0.6) is 11.5 Å². The van der Waals surface area contributed by atoms with Crippen molar-refractivity contribution in [2.75, 3.05) is 7.11 Å². The fraction of sp³-hybridized carbons (Fsp3) is 0.600. The van der Waals surface area contributed by atoms with E-state index in [4.69, 9.17) is 15.2 Å². The number of benzene rings is 1. The first-order valence-electron chi connectivity index (χ1n) is 6.72. The van der Waals surface area contributed by atoms with Gasteiger partial charge in [0.1, 0.15) is 17.1 Å². The molecule has 0 bridgehead atoms. The summed E-state index contributed by atoms with van der Waals surface area (Å²) in [6.07, 6.45) is 5.62. The minimum Gasteiger partial charge on any atom is -0.496 e. The molecule has 1 unspecified atom stereocenters. The highest BCUT2D eigenvalue weighted by molar-refractivity contribution is 5.51. The fourth-order valence-electron chi connectivity index (χ4n) is 3.65. The predicted molar refractivity (Wildman–Crippen MR) is 71.0 cm³/mol. The Kier molecular flexibility index (Phi) is 2.56. The van der Waals surface area contributed by atoms with E-state index in [1.807, 2.05) is 18.2 Å². The van der Waals surface area contributed by atoms with Gasteiger partial charge in [-0.15, -0.1) is 0 Å². The largest absolute Gasteiger partial charge is 0.496 e. The molecule has 0 saturated heterocycles. The van der Waals surface area contributed by atoms with E-state index in [1.54, 1.807) is 7.11 Å². The molecule has 1 atom stereocenters. The molecule has 18 heavy (non-hydrogen) atoms. The molecule has 2 N–H and O–H groups in total. The van der Waals surface area contributed by atoms with Crippen molar-refractivity contribution in [1.82, 2.24) is 0 Å². The number of fused-ring (bicyclic) bond motifs is 1. The van der Waals surface area contributed by atoms with Gasteiger partial charge in [-0.25, -0.2) is 0 Å². The lowest BCUT2D eigenvalue weighted by Gasteiger charge is -2.44. The second-order valence-electron chi connectivity index (χ2n) is 5.92. The van der Waals surface area contributed by atoms with Gasteiger partial charge >= 0.3 is 0 Å². The molecule has 1 aromatic carbocycles. The van der Waals surface area contributed by atoms with Crippen molar-refractivity contribution in [1.29, 1.82) is 0 Å². The maximum Gasteiger partial charge on any atom is 0.128 e. The lowest BCUT2D eigenvalue weighted by molar-refractivity contribution is 0.0213. The van der Waals surface area contributed by atoms with E-state index in [0.29, 0.717) is 0 Å². The van der Waals surface area contributed by atoms with Gasteiger partial charge in [-0.3, -0.25) is 0 Å². The van der Waals surface area contributed by atoms with Crippen molar-refractivity contribution in [3.05, 3.63) is 23.8 Å². The third kappa shape index (κ3) is 1.69. The van der Waals surface area contributed by atoms with Crippen LogP contribution in [-0.2, 0) is 5.54 Å². The number of rotatable bonds is 1. The van der Waals surface area contributed by atoms with Crippen LogP contribution in [0.1, 0.15) is 44.6 Å². The highest BCUT2D eigenvalue weighted by atomic mass is 16.5. The molecule has 1 aromatic rings. The minimum atomic E-state index is -0.371. The summed E-state index contributed by atoms with van der Waals surface area (Å²) >= 11 is 0. The first kappa shape index (κ1) is 11.8. The molecule has 3 nitrogen and oxygen atoms in total. The number of ether oxygens (including phenoxy) is 2. The Labute approximate surface area is 108 Å². The Bertz CT molecular complexity index is 462. The zero-order valence-corrected chi connectivity index (χ0v) is 11.2. The van der Waals surface area contributed by atoms with Crippen molar-refractivity contribution in [3.63, 3.8) is 0 Å². The molecule has 1 saturated carbocycles. The van der Waals surface area contributed by atoms with E-state index >= 15 is 0 Å². The Morgan fingerprint density at radius 2 is 2.00 bits per heavy atom. The average molecular weight is 247 g/mol. The Balaban J connectivity index is 2.09. The number of methoxy groups -OCH3 is 1. The predicted octanol–water partition coefficient (Wildman–Crippen LogP) is 2.96. The third-order valence-corrected chi connectivity index (χ3v) is 4.31. The van der Waals surface area contributed by atoms with E-state index in [1.165, 1.54) is 12.8 Å². The van der Waals surface area contributed by atoms with Crippen LogP contribution < -0.4 is 15.2 Å². The fourth-order valence-corrected chi connectivity index (χ4v) is 3.65. The van der Waals surface area contributed by atoms with Crippen LogP contribution in [0.25, 0.3) is 0 Å². The molecule has 1 spiro atoms. The smallest absolute Gasteiger partial charge is 0.128 e. The summed E-state index contributed by atoms with van der Waals surface area (Å²) in [5, 5.41) is 0. The minimum absolute atomic E-state index is 0.0388. The standard InChI is InChI=1S/C15H21NO2/c1-14(16)10-15(8-3-4-9-15)18-12-7-5-6-11(17-2)13(12)14/h5-7H,3-4,8-10,16H2,1-2H3. The van der Waals surface area contributed by atoms with Crippen LogP contribution in [0, 0.1) is 0 Å². The summed E-state index contributed by atoms with van der Waals surface area (Å²) < 4.78 is 11.7. The summed E-state index contributed by atoms with van der Waals surface area (Å²) in [5.74, 6) is 1.75. The monoisotopic (exact) mass is 247 g/mol. The summed E-state index contributed by atoms with van der Waals surface area (Å²) in [6.45, 7) is 2.09. The summed E-state index contributed by atoms with van der Waals surface area (Å²) in [5.41, 5.74) is 7.17. The molecule has 98 valence electrons. The Morgan fingerprint density at radius 3 is 2.67 bits per heavy atom. The molecule has 2 aliphatic rings. The third-order valence-electron chi connectivity index (χ3n) is 4.31. The van der Waals surface area contributed by atoms with Crippen LogP contribution in [0.4, 0.5) is 0 Å². The quantitative estimate of drug-likeness (QED) is 0.829. The van der Waals surface area contributed by atoms with Gasteiger partial charge in [0.25, 0.3) is 0 Å². The van der Waals surface area contributed by atoms with Crippen LogP contribution in [0.15, 0.2) is 18.2 Å². The van der Waals surface area contributed by atoms with Crippen molar-refractivity contribution in [2.45, 2.75) is 50.2 Å². The van der Waals surface area contributed by atoms with Crippen LogP contribution in [0.2, 0.25) is 0 Å². The average Bonchev–Trinajstić information content (AvgIpc) is 2.74. The lowest BCUT2D eigenvalue weighted by atomic mass is 9.77. The van der Waals surface area contributed by atoms with Gasteiger partial charge in [0.2, 0.25) is 0 Å². The Hall–Kier alpha value is -1.22. The topological polar surface area (TPSA) is 44.5 Å². The van der Waals surface area contributed by atoms with Crippen molar-refractivity contribution in [3.8, 4) is 11.5 Å². The maximum absolute atomic E-state index is 6.56. The van der Waals surface area contributed by atoms with E-state index in [2.05, 4.69) is 6.92 Å². The molecular formula is C15H21NO2. The van der Waals surface area contributed by atoms with Crippen molar-refractivity contribution in [2.24, 2.45) is 5.73 Å². The van der Waals surface area contributed by atoms with Gasteiger partial charge in [-0.1, -0.05) is 6.07 Å². The molecule has 1 heterocycles.